The number of hydrogen-bond acceptors (Lipinski definition) is 5. The number of rotatable bonds is 4. The first kappa shape index (κ1) is 11.0. The molecule has 0 saturated heterocycles. The summed E-state index contributed by atoms with van der Waals surface area (Å²) in [6.45, 7) is 0.429. The molecule has 14 heavy (non-hydrogen) atoms. The minimum atomic E-state index is -3.11. The lowest BCUT2D eigenvalue weighted by Gasteiger charge is -2.05. The van der Waals surface area contributed by atoms with Gasteiger partial charge in [0.15, 0.2) is 9.84 Å². The molecule has 6 heteroatoms. The predicted molar refractivity (Wildman–Crippen MR) is 55.4 cm³/mol. The molecule has 4 N–H and O–H groups in total. The van der Waals surface area contributed by atoms with E-state index < -0.39 is 9.84 Å². The summed E-state index contributed by atoms with van der Waals surface area (Å²) < 4.78 is 22.2. The maximum absolute atomic E-state index is 11.1. The SMILES string of the molecule is CS(=O)(=O)c1ccc(NCNN)cc1. The number of hydrogen-bond donors (Lipinski definition) is 3. The van der Waals surface area contributed by atoms with Crippen LogP contribution in [-0.4, -0.2) is 21.3 Å². The van der Waals surface area contributed by atoms with E-state index in [0.29, 0.717) is 11.6 Å². The molecule has 5 nitrogen and oxygen atoms in total. The quantitative estimate of drug-likeness (QED) is 0.372. The molecule has 0 unspecified atom stereocenters. The highest BCUT2D eigenvalue weighted by molar-refractivity contribution is 7.90. The van der Waals surface area contributed by atoms with Gasteiger partial charge in [0, 0.05) is 11.9 Å². The summed E-state index contributed by atoms with van der Waals surface area (Å²) in [6.07, 6.45) is 1.18. The molecule has 0 aliphatic rings. The summed E-state index contributed by atoms with van der Waals surface area (Å²) in [5.41, 5.74) is 3.25. The fourth-order valence-electron chi connectivity index (χ4n) is 0.973. The molecular formula is C8H13N3O2S. The third-order valence-corrected chi connectivity index (χ3v) is 2.81. The van der Waals surface area contributed by atoms with Gasteiger partial charge in [-0.1, -0.05) is 0 Å². The van der Waals surface area contributed by atoms with Crippen molar-refractivity contribution >= 4 is 15.5 Å². The maximum Gasteiger partial charge on any atom is 0.175 e. The van der Waals surface area contributed by atoms with Crippen LogP contribution in [-0.2, 0) is 9.84 Å². The second-order valence-corrected chi connectivity index (χ2v) is 4.87. The minimum Gasteiger partial charge on any atom is -0.371 e. The number of anilines is 1. The standard InChI is InChI=1S/C8H13N3O2S/c1-14(12,13)8-4-2-7(3-5-8)10-6-11-9/h2-5,10-11H,6,9H2,1H3. The van der Waals surface area contributed by atoms with Crippen molar-refractivity contribution in [3.8, 4) is 0 Å². The van der Waals surface area contributed by atoms with Gasteiger partial charge in [0.1, 0.15) is 0 Å². The Morgan fingerprint density at radius 2 is 1.86 bits per heavy atom. The van der Waals surface area contributed by atoms with Gasteiger partial charge in [-0.15, -0.1) is 0 Å². The lowest BCUT2D eigenvalue weighted by Crippen LogP contribution is -2.28. The Balaban J connectivity index is 2.79. The highest BCUT2D eigenvalue weighted by Crippen LogP contribution is 2.13. The second-order valence-electron chi connectivity index (χ2n) is 2.85. The van der Waals surface area contributed by atoms with E-state index >= 15 is 0 Å². The molecular weight excluding hydrogens is 202 g/mol. The molecule has 0 radical (unpaired) electrons. The lowest BCUT2D eigenvalue weighted by molar-refractivity contribution is 0.602. The van der Waals surface area contributed by atoms with Crippen LogP contribution in [0.2, 0.25) is 0 Å². The van der Waals surface area contributed by atoms with Crippen LogP contribution in [0.3, 0.4) is 0 Å². The Hall–Kier alpha value is -1.11. The van der Waals surface area contributed by atoms with E-state index in [4.69, 9.17) is 5.84 Å². The average Bonchev–Trinajstić information content (AvgIpc) is 2.14. The van der Waals surface area contributed by atoms with E-state index in [1.165, 1.54) is 6.26 Å². The van der Waals surface area contributed by atoms with E-state index in [-0.39, 0.29) is 0 Å². The van der Waals surface area contributed by atoms with Crippen LogP contribution in [0.5, 0.6) is 0 Å². The first-order chi connectivity index (χ1) is 6.54. The normalized spacial score (nSPS) is 11.3. The molecule has 0 aliphatic carbocycles. The molecule has 0 aliphatic heterocycles. The van der Waals surface area contributed by atoms with Crippen LogP contribution >= 0.6 is 0 Å². The van der Waals surface area contributed by atoms with Gasteiger partial charge < -0.3 is 5.32 Å². The molecule has 0 aromatic heterocycles. The predicted octanol–water partition coefficient (Wildman–Crippen LogP) is -0.0772. The number of hydrazine groups is 1. The molecule has 0 fully saturated rings. The van der Waals surface area contributed by atoms with Gasteiger partial charge in [-0.2, -0.15) is 0 Å². The Labute approximate surface area is 83.2 Å². The van der Waals surface area contributed by atoms with Crippen molar-refractivity contribution in [3.63, 3.8) is 0 Å². The van der Waals surface area contributed by atoms with Gasteiger partial charge in [0.25, 0.3) is 0 Å². The highest BCUT2D eigenvalue weighted by Gasteiger charge is 2.05. The van der Waals surface area contributed by atoms with Crippen LogP contribution in [0, 0.1) is 0 Å². The van der Waals surface area contributed by atoms with Crippen molar-refractivity contribution in [3.05, 3.63) is 24.3 Å². The average molecular weight is 215 g/mol. The van der Waals surface area contributed by atoms with E-state index in [1.54, 1.807) is 24.3 Å². The molecule has 1 aromatic rings. The molecule has 0 spiro atoms. The summed E-state index contributed by atoms with van der Waals surface area (Å²) in [4.78, 5) is 0.309. The van der Waals surface area contributed by atoms with E-state index in [0.717, 1.165) is 5.69 Å². The van der Waals surface area contributed by atoms with Crippen molar-refractivity contribution in [2.75, 3.05) is 18.2 Å². The summed E-state index contributed by atoms with van der Waals surface area (Å²) >= 11 is 0. The summed E-state index contributed by atoms with van der Waals surface area (Å²) in [6, 6.07) is 6.48. The van der Waals surface area contributed by atoms with Gasteiger partial charge in [-0.05, 0) is 24.3 Å². The van der Waals surface area contributed by atoms with Gasteiger partial charge in [0.05, 0.1) is 11.6 Å². The number of sulfone groups is 1. The van der Waals surface area contributed by atoms with Crippen molar-refractivity contribution in [1.29, 1.82) is 0 Å². The zero-order valence-corrected chi connectivity index (χ0v) is 8.64. The van der Waals surface area contributed by atoms with Crippen LogP contribution in [0.15, 0.2) is 29.2 Å². The maximum atomic E-state index is 11.1. The molecule has 78 valence electrons. The smallest absolute Gasteiger partial charge is 0.175 e. The Morgan fingerprint density at radius 3 is 2.29 bits per heavy atom. The second kappa shape index (κ2) is 4.41. The Bertz CT molecular complexity index is 386. The highest BCUT2D eigenvalue weighted by atomic mass is 32.2. The van der Waals surface area contributed by atoms with E-state index in [2.05, 4.69) is 10.7 Å². The third-order valence-electron chi connectivity index (χ3n) is 1.68. The Kier molecular flexibility index (Phi) is 3.45. The van der Waals surface area contributed by atoms with Gasteiger partial charge in [0.2, 0.25) is 0 Å². The zero-order chi connectivity index (χ0) is 10.6. The fourth-order valence-corrected chi connectivity index (χ4v) is 1.60. The summed E-state index contributed by atoms with van der Waals surface area (Å²) in [5.74, 6) is 5.07. The first-order valence-electron chi connectivity index (χ1n) is 4.01. The van der Waals surface area contributed by atoms with Crippen LogP contribution in [0.1, 0.15) is 0 Å². The molecule has 0 saturated carbocycles. The monoisotopic (exact) mass is 215 g/mol. The largest absolute Gasteiger partial charge is 0.371 e. The number of nitrogens with one attached hydrogen (secondary N) is 2. The van der Waals surface area contributed by atoms with Crippen LogP contribution in [0.4, 0.5) is 5.69 Å². The van der Waals surface area contributed by atoms with Crippen molar-refractivity contribution in [1.82, 2.24) is 5.43 Å². The van der Waals surface area contributed by atoms with Crippen molar-refractivity contribution in [2.45, 2.75) is 4.90 Å². The van der Waals surface area contributed by atoms with Crippen LogP contribution in [0.25, 0.3) is 0 Å². The fraction of sp³-hybridized carbons (Fsp3) is 0.250. The summed E-state index contributed by atoms with van der Waals surface area (Å²) in [7, 11) is -3.11. The third kappa shape index (κ3) is 2.99. The number of benzene rings is 1. The lowest BCUT2D eigenvalue weighted by atomic mass is 10.3. The van der Waals surface area contributed by atoms with Crippen LogP contribution < -0.4 is 16.6 Å². The van der Waals surface area contributed by atoms with E-state index in [1.807, 2.05) is 0 Å². The molecule has 1 rings (SSSR count). The van der Waals surface area contributed by atoms with Gasteiger partial charge in [-0.3, -0.25) is 5.84 Å². The topological polar surface area (TPSA) is 84.2 Å². The molecule has 1 aromatic carbocycles. The molecule has 0 atom stereocenters. The molecule has 0 amide bonds. The van der Waals surface area contributed by atoms with E-state index in [9.17, 15) is 8.42 Å². The minimum absolute atomic E-state index is 0.309. The van der Waals surface area contributed by atoms with Crippen molar-refractivity contribution < 1.29 is 8.42 Å². The van der Waals surface area contributed by atoms with Crippen molar-refractivity contribution in [2.24, 2.45) is 5.84 Å². The summed E-state index contributed by atoms with van der Waals surface area (Å²) in [5, 5.41) is 2.94. The molecule has 0 bridgehead atoms. The molecule has 0 heterocycles. The van der Waals surface area contributed by atoms with Gasteiger partial charge >= 0.3 is 0 Å². The first-order valence-corrected chi connectivity index (χ1v) is 5.90. The number of nitrogens with two attached hydrogens (primary N) is 1. The Morgan fingerprint density at radius 1 is 1.29 bits per heavy atom. The zero-order valence-electron chi connectivity index (χ0n) is 7.82. The van der Waals surface area contributed by atoms with Gasteiger partial charge in [-0.25, -0.2) is 13.8 Å².